The van der Waals surface area contributed by atoms with Crippen LogP contribution in [0.15, 0.2) is 29.6 Å². The Kier molecular flexibility index (Phi) is 4.47. The molecule has 1 saturated heterocycles. The molecule has 7 nitrogen and oxygen atoms in total. The summed E-state index contributed by atoms with van der Waals surface area (Å²) < 4.78 is 1.09. The van der Waals surface area contributed by atoms with Gasteiger partial charge < -0.3 is 20.9 Å². The molecule has 5 rings (SSSR count). The van der Waals surface area contributed by atoms with Crippen LogP contribution in [-0.2, 0) is 0 Å². The highest BCUT2D eigenvalue weighted by atomic mass is 32.1. The van der Waals surface area contributed by atoms with Crippen molar-refractivity contribution in [3.63, 3.8) is 0 Å². The van der Waals surface area contributed by atoms with E-state index in [1.807, 2.05) is 29.6 Å². The zero-order valence-corrected chi connectivity index (χ0v) is 16.2. The van der Waals surface area contributed by atoms with Gasteiger partial charge in [0.25, 0.3) is 0 Å². The molecule has 0 atom stereocenters. The molecule has 2 fully saturated rings. The van der Waals surface area contributed by atoms with Crippen molar-refractivity contribution in [2.24, 2.45) is 0 Å². The molecular formula is C20H21N7S. The van der Waals surface area contributed by atoms with Crippen molar-refractivity contribution in [2.45, 2.75) is 18.9 Å². The van der Waals surface area contributed by atoms with Crippen molar-refractivity contribution in [1.29, 1.82) is 5.26 Å². The van der Waals surface area contributed by atoms with E-state index in [9.17, 15) is 5.26 Å². The number of nitrogens with zero attached hydrogens (tertiary/aromatic N) is 4. The largest absolute Gasteiger partial charge is 0.368 e. The summed E-state index contributed by atoms with van der Waals surface area (Å²) in [5.74, 6) is 1.44. The lowest BCUT2D eigenvalue weighted by molar-refractivity contribution is 0.589. The van der Waals surface area contributed by atoms with E-state index in [1.54, 1.807) is 11.3 Å². The maximum atomic E-state index is 9.64. The van der Waals surface area contributed by atoms with Crippen LogP contribution in [0.2, 0.25) is 0 Å². The molecule has 0 unspecified atom stereocenters. The highest BCUT2D eigenvalue weighted by molar-refractivity contribution is 7.17. The monoisotopic (exact) mass is 391 g/mol. The summed E-state index contributed by atoms with van der Waals surface area (Å²) in [5, 5.41) is 21.8. The van der Waals surface area contributed by atoms with Crippen LogP contribution >= 0.6 is 11.3 Å². The molecule has 0 radical (unpaired) electrons. The maximum absolute atomic E-state index is 9.64. The van der Waals surface area contributed by atoms with Gasteiger partial charge in [0.1, 0.15) is 11.9 Å². The fraction of sp³-hybridized carbons (Fsp3) is 0.350. The molecule has 28 heavy (non-hydrogen) atoms. The number of aromatic nitrogens is 2. The van der Waals surface area contributed by atoms with Crippen LogP contribution in [-0.4, -0.2) is 42.2 Å². The van der Waals surface area contributed by atoms with E-state index in [1.165, 1.54) is 12.8 Å². The molecule has 0 spiro atoms. The smallest absolute Gasteiger partial charge is 0.229 e. The maximum Gasteiger partial charge on any atom is 0.229 e. The lowest BCUT2D eigenvalue weighted by atomic mass is 10.1. The number of nitrogens with one attached hydrogen (secondary N) is 3. The van der Waals surface area contributed by atoms with Gasteiger partial charge in [0.2, 0.25) is 5.95 Å². The minimum atomic E-state index is 0.525. The van der Waals surface area contributed by atoms with Crippen molar-refractivity contribution < 1.29 is 0 Å². The highest BCUT2D eigenvalue weighted by Crippen LogP contribution is 2.33. The Morgan fingerprint density at radius 3 is 2.82 bits per heavy atom. The van der Waals surface area contributed by atoms with Crippen LogP contribution < -0.4 is 20.9 Å². The minimum Gasteiger partial charge on any atom is -0.368 e. The lowest BCUT2D eigenvalue weighted by Gasteiger charge is -2.30. The normalized spacial score (nSPS) is 16.8. The number of piperazine rings is 1. The van der Waals surface area contributed by atoms with E-state index in [4.69, 9.17) is 4.98 Å². The predicted octanol–water partition coefficient (Wildman–Crippen LogP) is 3.29. The Morgan fingerprint density at radius 1 is 1.18 bits per heavy atom. The number of nitriles is 1. The van der Waals surface area contributed by atoms with Crippen LogP contribution in [0.4, 0.5) is 23.1 Å². The number of hydrogen-bond acceptors (Lipinski definition) is 8. The second kappa shape index (κ2) is 7.26. The first kappa shape index (κ1) is 17.2. The Hall–Kier alpha value is -2.89. The second-order valence-electron chi connectivity index (χ2n) is 7.16. The van der Waals surface area contributed by atoms with Gasteiger partial charge in [0.15, 0.2) is 0 Å². The molecule has 1 aliphatic heterocycles. The van der Waals surface area contributed by atoms with E-state index < -0.39 is 0 Å². The summed E-state index contributed by atoms with van der Waals surface area (Å²) in [7, 11) is 0. The number of rotatable bonds is 5. The quantitative estimate of drug-likeness (QED) is 0.615. The van der Waals surface area contributed by atoms with E-state index in [0.29, 0.717) is 17.6 Å². The van der Waals surface area contributed by atoms with Gasteiger partial charge in [-0.3, -0.25) is 0 Å². The Bertz CT molecular complexity index is 1040. The molecule has 2 aromatic heterocycles. The van der Waals surface area contributed by atoms with Gasteiger partial charge in [-0.15, -0.1) is 11.3 Å². The van der Waals surface area contributed by atoms with Crippen LogP contribution in [0.25, 0.3) is 10.2 Å². The molecule has 0 bridgehead atoms. The Balaban J connectivity index is 1.43. The van der Waals surface area contributed by atoms with Crippen molar-refractivity contribution in [3.8, 4) is 6.07 Å². The number of thiophene rings is 1. The summed E-state index contributed by atoms with van der Waals surface area (Å²) in [6, 6.07) is 10.8. The minimum absolute atomic E-state index is 0.525. The van der Waals surface area contributed by atoms with Crippen LogP contribution in [0.5, 0.6) is 0 Å². The molecule has 0 amide bonds. The van der Waals surface area contributed by atoms with E-state index >= 15 is 0 Å². The molecule has 1 aliphatic carbocycles. The van der Waals surface area contributed by atoms with Crippen molar-refractivity contribution in [2.75, 3.05) is 41.7 Å². The van der Waals surface area contributed by atoms with E-state index in [2.05, 4.69) is 31.9 Å². The highest BCUT2D eigenvalue weighted by Gasteiger charge is 2.23. The third kappa shape index (κ3) is 3.46. The predicted molar refractivity (Wildman–Crippen MR) is 114 cm³/mol. The van der Waals surface area contributed by atoms with Gasteiger partial charge in [0, 0.05) is 37.9 Å². The van der Waals surface area contributed by atoms with Crippen LogP contribution in [0.1, 0.15) is 18.4 Å². The van der Waals surface area contributed by atoms with E-state index in [0.717, 1.165) is 53.6 Å². The Morgan fingerprint density at radius 2 is 2.04 bits per heavy atom. The SMILES string of the molecule is N#Cc1cc(Nc2nc(NC3CC3)c3sccc3n2)ccc1N1CCNCC1. The van der Waals surface area contributed by atoms with Gasteiger partial charge in [0.05, 0.1) is 21.5 Å². The summed E-state index contributed by atoms with van der Waals surface area (Å²) in [5.41, 5.74) is 3.41. The molecule has 1 aromatic carbocycles. The molecule has 3 heterocycles. The molecule has 3 aromatic rings. The first-order valence-electron chi connectivity index (χ1n) is 9.59. The number of fused-ring (bicyclic) bond motifs is 1. The van der Waals surface area contributed by atoms with E-state index in [-0.39, 0.29) is 0 Å². The van der Waals surface area contributed by atoms with Crippen molar-refractivity contribution in [1.82, 2.24) is 15.3 Å². The number of hydrogen-bond donors (Lipinski definition) is 3. The Labute approximate surface area is 167 Å². The summed E-state index contributed by atoms with van der Waals surface area (Å²) in [4.78, 5) is 11.6. The summed E-state index contributed by atoms with van der Waals surface area (Å²) in [6.07, 6.45) is 2.39. The molecule has 1 saturated carbocycles. The zero-order chi connectivity index (χ0) is 18.9. The van der Waals surface area contributed by atoms with Crippen LogP contribution in [0.3, 0.4) is 0 Å². The number of anilines is 4. The second-order valence-corrected chi connectivity index (χ2v) is 8.07. The molecular weight excluding hydrogens is 370 g/mol. The summed E-state index contributed by atoms with van der Waals surface area (Å²) >= 11 is 1.65. The fourth-order valence-corrected chi connectivity index (χ4v) is 4.24. The van der Waals surface area contributed by atoms with Crippen LogP contribution in [0, 0.1) is 11.3 Å². The standard InChI is InChI=1S/C20H21N7S/c21-12-13-11-15(3-4-17(13)27-8-6-22-7-9-27)24-20-25-16-5-10-28-18(16)19(26-20)23-14-1-2-14/h3-5,10-11,14,22H,1-2,6-9H2,(H2,23,24,25,26). The third-order valence-corrected chi connectivity index (χ3v) is 5.96. The van der Waals surface area contributed by atoms with Gasteiger partial charge in [-0.25, -0.2) is 4.98 Å². The lowest BCUT2D eigenvalue weighted by Crippen LogP contribution is -2.43. The molecule has 142 valence electrons. The topological polar surface area (TPSA) is 88.9 Å². The molecule has 3 N–H and O–H groups in total. The molecule has 8 heteroatoms. The average Bonchev–Trinajstić information content (AvgIpc) is 3.42. The first-order valence-corrected chi connectivity index (χ1v) is 10.5. The van der Waals surface area contributed by atoms with Gasteiger partial charge >= 0.3 is 0 Å². The van der Waals surface area contributed by atoms with Gasteiger partial charge in [-0.2, -0.15) is 10.2 Å². The average molecular weight is 392 g/mol. The van der Waals surface area contributed by atoms with Gasteiger partial charge in [-0.05, 0) is 42.5 Å². The third-order valence-electron chi connectivity index (χ3n) is 5.05. The van der Waals surface area contributed by atoms with Crippen molar-refractivity contribution in [3.05, 3.63) is 35.2 Å². The molecule has 2 aliphatic rings. The zero-order valence-electron chi connectivity index (χ0n) is 15.4. The number of benzene rings is 1. The summed E-state index contributed by atoms with van der Waals surface area (Å²) in [6.45, 7) is 3.71. The van der Waals surface area contributed by atoms with Gasteiger partial charge in [-0.1, -0.05) is 0 Å². The fourth-order valence-electron chi connectivity index (χ4n) is 3.45. The first-order chi connectivity index (χ1) is 13.8. The van der Waals surface area contributed by atoms with Crippen molar-refractivity contribution >= 4 is 44.7 Å².